The maximum atomic E-state index is 13.3. The molecule has 10 heteroatoms. The van der Waals surface area contributed by atoms with E-state index in [1.54, 1.807) is 0 Å². The number of aromatic nitrogens is 2. The summed E-state index contributed by atoms with van der Waals surface area (Å²) in [5.74, 6) is -6.06. The normalized spacial score (nSPS) is 10.6. The number of anilines is 2. The van der Waals surface area contributed by atoms with Crippen molar-refractivity contribution in [1.82, 2.24) is 9.78 Å². The standard InChI is InChI=1S/C18H12F4N4O2/c1-26-16(18(28)25-10-3-5-13(20)15(22)7-10)11(8-23-26)17(27)24-9-2-4-12(19)14(21)6-9/h2-8H,1H3,(H,24,27)(H,25,28). The lowest BCUT2D eigenvalue weighted by atomic mass is 10.2. The van der Waals surface area contributed by atoms with Crippen molar-refractivity contribution in [3.63, 3.8) is 0 Å². The highest BCUT2D eigenvalue weighted by Gasteiger charge is 2.23. The highest BCUT2D eigenvalue weighted by atomic mass is 19.2. The number of nitrogens with one attached hydrogen (secondary N) is 2. The summed E-state index contributed by atoms with van der Waals surface area (Å²) in [4.78, 5) is 24.9. The Morgan fingerprint density at radius 2 is 1.32 bits per heavy atom. The largest absolute Gasteiger partial charge is 0.322 e. The van der Waals surface area contributed by atoms with Crippen molar-refractivity contribution in [3.05, 3.63) is 77.1 Å². The van der Waals surface area contributed by atoms with Crippen molar-refractivity contribution < 1.29 is 27.2 Å². The predicted octanol–water partition coefficient (Wildman–Crippen LogP) is 3.48. The minimum atomic E-state index is -1.15. The van der Waals surface area contributed by atoms with Crippen LogP contribution in [0.5, 0.6) is 0 Å². The van der Waals surface area contributed by atoms with Gasteiger partial charge in [0.05, 0.1) is 11.8 Å². The van der Waals surface area contributed by atoms with E-state index >= 15 is 0 Å². The van der Waals surface area contributed by atoms with Crippen LogP contribution in [0.1, 0.15) is 20.8 Å². The molecule has 0 saturated carbocycles. The van der Waals surface area contributed by atoms with Gasteiger partial charge in [0.15, 0.2) is 23.3 Å². The van der Waals surface area contributed by atoms with Gasteiger partial charge in [0.2, 0.25) is 0 Å². The van der Waals surface area contributed by atoms with Crippen LogP contribution in [0, 0.1) is 23.3 Å². The molecule has 0 unspecified atom stereocenters. The molecule has 0 spiro atoms. The quantitative estimate of drug-likeness (QED) is 0.668. The van der Waals surface area contributed by atoms with Crippen LogP contribution in [0.3, 0.4) is 0 Å². The highest BCUT2D eigenvalue weighted by molar-refractivity contribution is 6.14. The number of halogens is 4. The fraction of sp³-hybridized carbons (Fsp3) is 0.0556. The van der Waals surface area contributed by atoms with Gasteiger partial charge >= 0.3 is 0 Å². The van der Waals surface area contributed by atoms with Crippen molar-refractivity contribution in [3.8, 4) is 0 Å². The molecule has 3 rings (SSSR count). The van der Waals surface area contributed by atoms with Crippen LogP contribution in [0.4, 0.5) is 28.9 Å². The Bertz CT molecular complexity index is 1080. The maximum Gasteiger partial charge on any atom is 0.274 e. The zero-order valence-corrected chi connectivity index (χ0v) is 14.3. The molecular formula is C18H12F4N4O2. The summed E-state index contributed by atoms with van der Waals surface area (Å²) < 4.78 is 53.7. The van der Waals surface area contributed by atoms with Gasteiger partial charge in [-0.3, -0.25) is 14.3 Å². The smallest absolute Gasteiger partial charge is 0.274 e. The molecule has 1 aromatic heterocycles. The predicted molar refractivity (Wildman–Crippen MR) is 91.8 cm³/mol. The Morgan fingerprint density at radius 1 is 0.821 bits per heavy atom. The second-order valence-corrected chi connectivity index (χ2v) is 5.70. The summed E-state index contributed by atoms with van der Waals surface area (Å²) in [6.45, 7) is 0. The Balaban J connectivity index is 1.83. The molecule has 0 atom stereocenters. The molecule has 28 heavy (non-hydrogen) atoms. The van der Waals surface area contributed by atoms with E-state index in [2.05, 4.69) is 15.7 Å². The minimum Gasteiger partial charge on any atom is -0.322 e. The van der Waals surface area contributed by atoms with E-state index in [0.29, 0.717) is 0 Å². The minimum absolute atomic E-state index is 0.0280. The van der Waals surface area contributed by atoms with Gasteiger partial charge < -0.3 is 10.6 Å². The number of hydrogen-bond donors (Lipinski definition) is 2. The first kappa shape index (κ1) is 19.1. The van der Waals surface area contributed by atoms with Crippen molar-refractivity contribution in [2.75, 3.05) is 10.6 Å². The van der Waals surface area contributed by atoms with Gasteiger partial charge in [-0.1, -0.05) is 0 Å². The molecule has 2 amide bonds. The van der Waals surface area contributed by atoms with Crippen LogP contribution in [0.15, 0.2) is 42.6 Å². The van der Waals surface area contributed by atoms with Gasteiger partial charge in [-0.15, -0.1) is 0 Å². The van der Waals surface area contributed by atoms with Crippen LogP contribution < -0.4 is 10.6 Å². The lowest BCUT2D eigenvalue weighted by Crippen LogP contribution is -2.22. The topological polar surface area (TPSA) is 76.0 Å². The monoisotopic (exact) mass is 392 g/mol. The molecule has 0 aliphatic rings. The molecule has 144 valence electrons. The Labute approximate surface area is 155 Å². The first-order chi connectivity index (χ1) is 13.3. The Kier molecular flexibility index (Phi) is 5.12. The number of benzene rings is 2. The second kappa shape index (κ2) is 7.51. The third kappa shape index (κ3) is 3.85. The number of amides is 2. The molecule has 6 nitrogen and oxygen atoms in total. The summed E-state index contributed by atoms with van der Waals surface area (Å²) in [6, 6.07) is 5.53. The number of rotatable bonds is 4. The highest BCUT2D eigenvalue weighted by Crippen LogP contribution is 2.18. The van der Waals surface area contributed by atoms with Gasteiger partial charge in [0.25, 0.3) is 11.8 Å². The van der Waals surface area contributed by atoms with Crippen molar-refractivity contribution in [2.45, 2.75) is 0 Å². The molecule has 2 N–H and O–H groups in total. The number of carbonyl (C=O) groups is 2. The van der Waals surface area contributed by atoms with Crippen LogP contribution in [-0.2, 0) is 7.05 Å². The van der Waals surface area contributed by atoms with Crippen molar-refractivity contribution in [2.24, 2.45) is 7.05 Å². The van der Waals surface area contributed by atoms with E-state index in [4.69, 9.17) is 0 Å². The van der Waals surface area contributed by atoms with Crippen molar-refractivity contribution in [1.29, 1.82) is 0 Å². The first-order valence-corrected chi connectivity index (χ1v) is 7.81. The van der Waals surface area contributed by atoms with Gasteiger partial charge in [0, 0.05) is 30.6 Å². The molecule has 0 fully saturated rings. The molecule has 0 radical (unpaired) electrons. The molecule has 2 aromatic carbocycles. The average Bonchev–Trinajstić information content (AvgIpc) is 3.03. The number of hydrogen-bond acceptors (Lipinski definition) is 3. The molecule has 3 aromatic rings. The zero-order valence-electron chi connectivity index (χ0n) is 14.3. The molecule has 0 aliphatic heterocycles. The molecule has 1 heterocycles. The average molecular weight is 392 g/mol. The van der Waals surface area contributed by atoms with Gasteiger partial charge in [-0.25, -0.2) is 17.6 Å². The fourth-order valence-electron chi connectivity index (χ4n) is 2.41. The lowest BCUT2D eigenvalue weighted by molar-refractivity contribution is 0.0985. The van der Waals surface area contributed by atoms with E-state index in [1.807, 2.05) is 0 Å². The van der Waals surface area contributed by atoms with Gasteiger partial charge in [-0.05, 0) is 24.3 Å². The SMILES string of the molecule is Cn1ncc(C(=O)Nc2ccc(F)c(F)c2)c1C(=O)Nc1ccc(F)c(F)c1. The number of nitrogens with zero attached hydrogens (tertiary/aromatic N) is 2. The van der Waals surface area contributed by atoms with Gasteiger partial charge in [-0.2, -0.15) is 5.10 Å². The molecule has 0 saturated heterocycles. The summed E-state index contributed by atoms with van der Waals surface area (Å²) in [5.41, 5.74) is -0.395. The van der Waals surface area contributed by atoms with Crippen LogP contribution in [-0.4, -0.2) is 21.6 Å². The summed E-state index contributed by atoms with van der Waals surface area (Å²) in [5, 5.41) is 8.49. The molecule has 0 bridgehead atoms. The second-order valence-electron chi connectivity index (χ2n) is 5.70. The summed E-state index contributed by atoms with van der Waals surface area (Å²) >= 11 is 0. The third-order valence-electron chi connectivity index (χ3n) is 3.75. The van der Waals surface area contributed by atoms with Gasteiger partial charge in [0.1, 0.15) is 5.69 Å². The van der Waals surface area contributed by atoms with E-state index in [1.165, 1.54) is 7.05 Å². The molecule has 0 aliphatic carbocycles. The lowest BCUT2D eigenvalue weighted by Gasteiger charge is -2.09. The first-order valence-electron chi connectivity index (χ1n) is 7.81. The van der Waals surface area contributed by atoms with Crippen LogP contribution in [0.2, 0.25) is 0 Å². The van der Waals surface area contributed by atoms with Crippen LogP contribution in [0.25, 0.3) is 0 Å². The zero-order chi connectivity index (χ0) is 20.4. The fourth-order valence-corrected chi connectivity index (χ4v) is 2.41. The molecular weight excluding hydrogens is 380 g/mol. The van der Waals surface area contributed by atoms with E-state index in [-0.39, 0.29) is 22.6 Å². The third-order valence-corrected chi connectivity index (χ3v) is 3.75. The van der Waals surface area contributed by atoms with Crippen LogP contribution >= 0.6 is 0 Å². The van der Waals surface area contributed by atoms with E-state index in [0.717, 1.165) is 47.3 Å². The Hall–Kier alpha value is -3.69. The summed E-state index contributed by atoms with van der Waals surface area (Å²) in [6.07, 6.45) is 1.11. The van der Waals surface area contributed by atoms with E-state index < -0.39 is 35.1 Å². The maximum absolute atomic E-state index is 13.3. The van der Waals surface area contributed by atoms with E-state index in [9.17, 15) is 27.2 Å². The Morgan fingerprint density at radius 3 is 1.82 bits per heavy atom. The number of aryl methyl sites for hydroxylation is 1. The summed E-state index contributed by atoms with van der Waals surface area (Å²) in [7, 11) is 1.40. The van der Waals surface area contributed by atoms with Crippen molar-refractivity contribution >= 4 is 23.2 Å². The number of carbonyl (C=O) groups excluding carboxylic acids is 2.